The third-order valence-corrected chi connectivity index (χ3v) is 3.41. The van der Waals surface area contributed by atoms with Gasteiger partial charge in [-0.2, -0.15) is 0 Å². The van der Waals surface area contributed by atoms with Gasteiger partial charge in [-0.3, -0.25) is 0 Å². The first-order chi connectivity index (χ1) is 9.00. The molecule has 104 valence electrons. The van der Waals surface area contributed by atoms with Crippen molar-refractivity contribution in [1.29, 1.82) is 0 Å². The van der Waals surface area contributed by atoms with Crippen molar-refractivity contribution in [1.82, 2.24) is 14.5 Å². The molecule has 0 bridgehead atoms. The zero-order valence-electron chi connectivity index (χ0n) is 12.2. The van der Waals surface area contributed by atoms with Gasteiger partial charge in [0.1, 0.15) is 5.69 Å². The predicted molar refractivity (Wildman–Crippen MR) is 80.7 cm³/mol. The molecular formula is C14H23N5. The summed E-state index contributed by atoms with van der Waals surface area (Å²) < 4.78 is 1.92. The quantitative estimate of drug-likeness (QED) is 0.807. The molecule has 0 spiro atoms. The minimum atomic E-state index is 0.730. The maximum atomic E-state index is 6.14. The molecule has 5 heteroatoms. The fraction of sp³-hybridized carbons (Fsp3) is 0.500. The molecule has 2 aromatic heterocycles. The van der Waals surface area contributed by atoms with Crippen molar-refractivity contribution in [3.8, 4) is 0 Å². The molecule has 0 aliphatic heterocycles. The Balaban J connectivity index is 2.16. The molecule has 5 nitrogen and oxygen atoms in total. The lowest BCUT2D eigenvalue weighted by Gasteiger charge is -2.09. The van der Waals surface area contributed by atoms with Gasteiger partial charge < -0.3 is 16.0 Å². The van der Waals surface area contributed by atoms with Crippen LogP contribution in [0.5, 0.6) is 0 Å². The third kappa shape index (κ3) is 2.81. The van der Waals surface area contributed by atoms with Crippen molar-refractivity contribution >= 4 is 17.0 Å². The second-order valence-corrected chi connectivity index (χ2v) is 5.24. The van der Waals surface area contributed by atoms with E-state index in [9.17, 15) is 0 Å². The highest BCUT2D eigenvalue weighted by Crippen LogP contribution is 2.25. The van der Waals surface area contributed by atoms with Crippen LogP contribution in [0.2, 0.25) is 0 Å². The number of rotatable bonds is 5. The third-order valence-electron chi connectivity index (χ3n) is 3.41. The normalized spacial score (nSPS) is 11.4. The lowest BCUT2D eigenvalue weighted by atomic mass is 10.2. The average molecular weight is 261 g/mol. The van der Waals surface area contributed by atoms with Gasteiger partial charge in [0.05, 0.1) is 5.52 Å². The molecular weight excluding hydrogens is 238 g/mol. The van der Waals surface area contributed by atoms with Crippen LogP contribution < -0.4 is 11.1 Å². The van der Waals surface area contributed by atoms with Gasteiger partial charge in [-0.25, -0.2) is 4.52 Å². The average Bonchev–Trinajstić information content (AvgIpc) is 2.68. The summed E-state index contributed by atoms with van der Waals surface area (Å²) in [4.78, 5) is 2.17. The number of nitrogens with zero attached hydrogens (tertiary/aromatic N) is 3. The number of aryl methyl sites for hydroxylation is 2. The SMILES string of the molecule is Cc1ccc2c(N)c(NCCCN(C)C)nn2c1C. The van der Waals surface area contributed by atoms with E-state index >= 15 is 0 Å². The van der Waals surface area contributed by atoms with E-state index in [0.29, 0.717) is 0 Å². The highest BCUT2D eigenvalue weighted by molar-refractivity contribution is 5.81. The van der Waals surface area contributed by atoms with Crippen molar-refractivity contribution in [2.75, 3.05) is 38.2 Å². The Kier molecular flexibility index (Phi) is 3.95. The van der Waals surface area contributed by atoms with Crippen LogP contribution in [-0.4, -0.2) is 41.7 Å². The molecule has 0 aliphatic rings. The second-order valence-electron chi connectivity index (χ2n) is 5.24. The molecule has 0 atom stereocenters. The summed E-state index contributed by atoms with van der Waals surface area (Å²) in [6.45, 7) is 6.07. The van der Waals surface area contributed by atoms with Gasteiger partial charge >= 0.3 is 0 Å². The van der Waals surface area contributed by atoms with Crippen LogP contribution in [0, 0.1) is 13.8 Å². The lowest BCUT2D eigenvalue weighted by Crippen LogP contribution is -2.16. The standard InChI is InChI=1S/C14H23N5/c1-10-6-7-12-13(15)14(17-19(12)11(10)2)16-8-5-9-18(3)4/h6-7H,5,8-9,15H2,1-4H3,(H,16,17). The number of pyridine rings is 1. The van der Waals surface area contributed by atoms with E-state index in [-0.39, 0.29) is 0 Å². The van der Waals surface area contributed by atoms with E-state index in [1.165, 1.54) is 5.56 Å². The molecule has 2 heterocycles. The first kappa shape index (κ1) is 13.7. The predicted octanol–water partition coefficient (Wildman–Crippen LogP) is 1.90. The fourth-order valence-corrected chi connectivity index (χ4v) is 2.08. The van der Waals surface area contributed by atoms with E-state index in [4.69, 9.17) is 5.73 Å². The molecule has 0 unspecified atom stereocenters. The number of fused-ring (bicyclic) bond motifs is 1. The van der Waals surface area contributed by atoms with Crippen molar-refractivity contribution in [3.63, 3.8) is 0 Å². The Labute approximate surface area is 114 Å². The van der Waals surface area contributed by atoms with Crippen molar-refractivity contribution < 1.29 is 0 Å². The highest BCUT2D eigenvalue weighted by atomic mass is 15.3. The zero-order chi connectivity index (χ0) is 14.0. The molecule has 2 rings (SSSR count). The molecule has 0 amide bonds. The molecule has 0 aliphatic carbocycles. The van der Waals surface area contributed by atoms with Crippen molar-refractivity contribution in [2.24, 2.45) is 0 Å². The summed E-state index contributed by atoms with van der Waals surface area (Å²) in [5.74, 6) is 0.785. The summed E-state index contributed by atoms with van der Waals surface area (Å²) >= 11 is 0. The zero-order valence-corrected chi connectivity index (χ0v) is 12.2. The first-order valence-corrected chi connectivity index (χ1v) is 6.63. The van der Waals surface area contributed by atoms with Gasteiger partial charge in [0, 0.05) is 12.2 Å². The molecule has 0 fully saturated rings. The minimum absolute atomic E-state index is 0.730. The maximum absolute atomic E-state index is 6.14. The van der Waals surface area contributed by atoms with Gasteiger partial charge in [0.15, 0.2) is 5.82 Å². The van der Waals surface area contributed by atoms with E-state index in [0.717, 1.165) is 42.2 Å². The Bertz CT molecular complexity index is 571. The van der Waals surface area contributed by atoms with Gasteiger partial charge in [-0.15, -0.1) is 5.10 Å². The Morgan fingerprint density at radius 3 is 2.74 bits per heavy atom. The van der Waals surface area contributed by atoms with E-state index < -0.39 is 0 Å². The Hall–Kier alpha value is -1.75. The fourth-order valence-electron chi connectivity index (χ4n) is 2.08. The van der Waals surface area contributed by atoms with E-state index in [2.05, 4.69) is 49.3 Å². The van der Waals surface area contributed by atoms with Crippen LogP contribution in [0.15, 0.2) is 12.1 Å². The highest BCUT2D eigenvalue weighted by Gasteiger charge is 2.11. The van der Waals surface area contributed by atoms with Crippen LogP contribution in [-0.2, 0) is 0 Å². The first-order valence-electron chi connectivity index (χ1n) is 6.63. The lowest BCUT2D eigenvalue weighted by molar-refractivity contribution is 0.405. The van der Waals surface area contributed by atoms with Crippen molar-refractivity contribution in [3.05, 3.63) is 23.4 Å². The monoisotopic (exact) mass is 261 g/mol. The number of nitrogens with one attached hydrogen (secondary N) is 1. The number of anilines is 2. The van der Waals surface area contributed by atoms with Crippen molar-refractivity contribution in [2.45, 2.75) is 20.3 Å². The molecule has 3 N–H and O–H groups in total. The summed E-state index contributed by atoms with van der Waals surface area (Å²) in [6, 6.07) is 4.11. The maximum Gasteiger partial charge on any atom is 0.172 e. The van der Waals surface area contributed by atoms with E-state index in [1.54, 1.807) is 0 Å². The number of hydrogen-bond acceptors (Lipinski definition) is 4. The molecule has 0 saturated heterocycles. The Morgan fingerprint density at radius 2 is 2.05 bits per heavy atom. The van der Waals surface area contributed by atoms with Crippen LogP contribution in [0.3, 0.4) is 0 Å². The number of hydrogen-bond donors (Lipinski definition) is 2. The summed E-state index contributed by atoms with van der Waals surface area (Å²) in [5, 5.41) is 7.88. The van der Waals surface area contributed by atoms with E-state index in [1.807, 2.05) is 10.6 Å². The van der Waals surface area contributed by atoms with Crippen LogP contribution in [0.25, 0.3) is 5.52 Å². The van der Waals surface area contributed by atoms with Gasteiger partial charge in [-0.05, 0) is 52.5 Å². The van der Waals surface area contributed by atoms with Gasteiger partial charge in [0.2, 0.25) is 0 Å². The number of aromatic nitrogens is 2. The molecule has 19 heavy (non-hydrogen) atoms. The number of nitrogens with two attached hydrogens (primary N) is 1. The van der Waals surface area contributed by atoms with Gasteiger partial charge in [-0.1, -0.05) is 6.07 Å². The summed E-state index contributed by atoms with van der Waals surface area (Å²) in [6.07, 6.45) is 1.07. The number of nitrogen functional groups attached to an aromatic ring is 1. The molecule has 0 saturated carbocycles. The van der Waals surface area contributed by atoms with Gasteiger partial charge in [0.25, 0.3) is 0 Å². The van der Waals surface area contributed by atoms with Crippen LogP contribution in [0.1, 0.15) is 17.7 Å². The van der Waals surface area contributed by atoms with Crippen LogP contribution >= 0.6 is 0 Å². The largest absolute Gasteiger partial charge is 0.394 e. The Morgan fingerprint density at radius 1 is 1.32 bits per heavy atom. The smallest absolute Gasteiger partial charge is 0.172 e. The van der Waals surface area contributed by atoms with Crippen LogP contribution in [0.4, 0.5) is 11.5 Å². The summed E-state index contributed by atoms with van der Waals surface area (Å²) in [5.41, 5.74) is 10.2. The molecule has 0 radical (unpaired) electrons. The molecule has 2 aromatic rings. The minimum Gasteiger partial charge on any atom is -0.394 e. The molecule has 0 aromatic carbocycles. The summed E-state index contributed by atoms with van der Waals surface area (Å²) in [7, 11) is 4.15. The topological polar surface area (TPSA) is 58.6 Å². The second kappa shape index (κ2) is 5.48.